The topological polar surface area (TPSA) is 44.5 Å². The number of rotatable bonds is 6. The van der Waals surface area contributed by atoms with Crippen molar-refractivity contribution in [2.45, 2.75) is 6.54 Å². The molecule has 19 heavy (non-hydrogen) atoms. The predicted octanol–water partition coefficient (Wildman–Crippen LogP) is 3.37. The van der Waals surface area contributed by atoms with E-state index >= 15 is 0 Å². The lowest BCUT2D eigenvalue weighted by Gasteiger charge is -2.08. The smallest absolute Gasteiger partial charge is 0.122 e. The van der Waals surface area contributed by atoms with Crippen molar-refractivity contribution in [3.63, 3.8) is 0 Å². The summed E-state index contributed by atoms with van der Waals surface area (Å²) in [5.74, 6) is 1.67. The fraction of sp³-hybridized carbons (Fsp3) is 0.200. The Labute approximate surface area is 121 Å². The Bertz CT molecular complexity index is 497. The molecule has 0 saturated carbocycles. The van der Waals surface area contributed by atoms with Gasteiger partial charge in [-0.3, -0.25) is 0 Å². The standard InChI is InChI=1S/C15H16BrNO2/c16-13-3-7-15(8-4-13)19-10-9-18-14-5-1-12(11-17)2-6-14/h1-8H,9-11,17H2. The maximum absolute atomic E-state index is 5.58. The minimum atomic E-state index is 0.512. The molecule has 0 spiro atoms. The summed E-state index contributed by atoms with van der Waals surface area (Å²) in [6.45, 7) is 1.57. The van der Waals surface area contributed by atoms with Crippen molar-refractivity contribution < 1.29 is 9.47 Å². The molecule has 0 amide bonds. The second kappa shape index (κ2) is 7.16. The van der Waals surface area contributed by atoms with Crippen LogP contribution in [0.1, 0.15) is 5.56 Å². The van der Waals surface area contributed by atoms with Crippen molar-refractivity contribution in [2.24, 2.45) is 5.73 Å². The third kappa shape index (κ3) is 4.58. The molecule has 0 aliphatic rings. The molecule has 0 aromatic heterocycles. The highest BCUT2D eigenvalue weighted by Crippen LogP contribution is 2.16. The Balaban J connectivity index is 1.72. The van der Waals surface area contributed by atoms with Gasteiger partial charge < -0.3 is 15.2 Å². The zero-order valence-corrected chi connectivity index (χ0v) is 12.1. The van der Waals surface area contributed by atoms with Gasteiger partial charge in [-0.15, -0.1) is 0 Å². The largest absolute Gasteiger partial charge is 0.490 e. The SMILES string of the molecule is NCc1ccc(OCCOc2ccc(Br)cc2)cc1. The Morgan fingerprint density at radius 2 is 1.26 bits per heavy atom. The fourth-order valence-corrected chi connectivity index (χ4v) is 1.84. The molecule has 2 aromatic carbocycles. The van der Waals surface area contributed by atoms with E-state index in [0.717, 1.165) is 21.5 Å². The zero-order chi connectivity index (χ0) is 13.5. The maximum atomic E-state index is 5.58. The monoisotopic (exact) mass is 321 g/mol. The molecule has 100 valence electrons. The van der Waals surface area contributed by atoms with Crippen molar-refractivity contribution >= 4 is 15.9 Å². The van der Waals surface area contributed by atoms with Crippen LogP contribution in [0.2, 0.25) is 0 Å². The van der Waals surface area contributed by atoms with Crippen molar-refractivity contribution in [3.05, 3.63) is 58.6 Å². The molecule has 2 aromatic rings. The van der Waals surface area contributed by atoms with Gasteiger partial charge in [-0.1, -0.05) is 28.1 Å². The number of hydrogen-bond donors (Lipinski definition) is 1. The number of hydrogen-bond acceptors (Lipinski definition) is 3. The van der Waals surface area contributed by atoms with Crippen LogP contribution >= 0.6 is 15.9 Å². The first kappa shape index (κ1) is 13.9. The second-order valence-corrected chi connectivity index (χ2v) is 4.91. The van der Waals surface area contributed by atoms with Gasteiger partial charge in [-0.2, -0.15) is 0 Å². The summed E-state index contributed by atoms with van der Waals surface area (Å²) < 4.78 is 12.2. The molecule has 3 nitrogen and oxygen atoms in total. The molecule has 4 heteroatoms. The maximum Gasteiger partial charge on any atom is 0.122 e. The molecule has 0 aliphatic carbocycles. The lowest BCUT2D eigenvalue weighted by molar-refractivity contribution is 0.217. The third-order valence-corrected chi connectivity index (χ3v) is 3.12. The average molecular weight is 322 g/mol. The van der Waals surface area contributed by atoms with Crippen molar-refractivity contribution in [3.8, 4) is 11.5 Å². The van der Waals surface area contributed by atoms with Crippen LogP contribution in [-0.2, 0) is 6.54 Å². The lowest BCUT2D eigenvalue weighted by Crippen LogP contribution is -2.09. The van der Waals surface area contributed by atoms with E-state index in [9.17, 15) is 0 Å². The molecule has 0 unspecified atom stereocenters. The molecule has 0 fully saturated rings. The molecule has 0 heterocycles. The van der Waals surface area contributed by atoms with Crippen molar-refractivity contribution in [1.29, 1.82) is 0 Å². The first-order chi connectivity index (χ1) is 9.28. The number of ether oxygens (including phenoxy) is 2. The van der Waals surface area contributed by atoms with E-state index in [-0.39, 0.29) is 0 Å². The normalized spacial score (nSPS) is 10.2. The summed E-state index contributed by atoms with van der Waals surface area (Å²) in [7, 11) is 0. The molecule has 2 rings (SSSR count). The zero-order valence-electron chi connectivity index (χ0n) is 10.5. The summed E-state index contributed by atoms with van der Waals surface area (Å²) in [5, 5.41) is 0. The summed E-state index contributed by atoms with van der Waals surface area (Å²) in [6.07, 6.45) is 0. The van der Waals surface area contributed by atoms with Gasteiger partial charge in [0.2, 0.25) is 0 Å². The van der Waals surface area contributed by atoms with Crippen LogP contribution in [0.3, 0.4) is 0 Å². The van der Waals surface area contributed by atoms with E-state index in [2.05, 4.69) is 15.9 Å². The molecule has 0 radical (unpaired) electrons. The summed E-state index contributed by atoms with van der Waals surface area (Å²) >= 11 is 3.38. The first-order valence-corrected chi connectivity index (χ1v) is 6.87. The third-order valence-electron chi connectivity index (χ3n) is 2.59. The van der Waals surface area contributed by atoms with Gasteiger partial charge in [0.25, 0.3) is 0 Å². The highest BCUT2D eigenvalue weighted by Gasteiger charge is 1.96. The van der Waals surface area contributed by atoms with Crippen LogP contribution in [0.4, 0.5) is 0 Å². The van der Waals surface area contributed by atoms with Gasteiger partial charge in [0.05, 0.1) is 0 Å². The van der Waals surface area contributed by atoms with Crippen LogP contribution in [0, 0.1) is 0 Å². The lowest BCUT2D eigenvalue weighted by atomic mass is 10.2. The molecule has 0 bridgehead atoms. The molecular formula is C15H16BrNO2. The molecule has 0 aliphatic heterocycles. The van der Waals surface area contributed by atoms with E-state index < -0.39 is 0 Å². The first-order valence-electron chi connectivity index (χ1n) is 6.08. The van der Waals surface area contributed by atoms with Gasteiger partial charge in [-0.05, 0) is 42.0 Å². The summed E-state index contributed by atoms with van der Waals surface area (Å²) in [4.78, 5) is 0. The average Bonchev–Trinajstić information content (AvgIpc) is 2.46. The van der Waals surface area contributed by atoms with Crippen molar-refractivity contribution in [2.75, 3.05) is 13.2 Å². The quantitative estimate of drug-likeness (QED) is 0.830. The Hall–Kier alpha value is -1.52. The van der Waals surface area contributed by atoms with E-state index in [1.54, 1.807) is 0 Å². The van der Waals surface area contributed by atoms with Crippen molar-refractivity contribution in [1.82, 2.24) is 0 Å². The van der Waals surface area contributed by atoms with Gasteiger partial charge in [-0.25, -0.2) is 0 Å². The van der Waals surface area contributed by atoms with Gasteiger partial charge >= 0.3 is 0 Å². The fourth-order valence-electron chi connectivity index (χ4n) is 1.57. The number of nitrogens with two attached hydrogens (primary N) is 1. The summed E-state index contributed by atoms with van der Waals surface area (Å²) in [5.41, 5.74) is 6.63. The molecule has 0 atom stereocenters. The highest BCUT2D eigenvalue weighted by molar-refractivity contribution is 9.10. The van der Waals surface area contributed by atoms with Gasteiger partial charge in [0.1, 0.15) is 24.7 Å². The summed E-state index contributed by atoms with van der Waals surface area (Å²) in [6, 6.07) is 15.5. The molecule has 2 N–H and O–H groups in total. The van der Waals surface area contributed by atoms with Crippen LogP contribution in [-0.4, -0.2) is 13.2 Å². The number of benzene rings is 2. The van der Waals surface area contributed by atoms with E-state index in [4.69, 9.17) is 15.2 Å². The minimum absolute atomic E-state index is 0.512. The second-order valence-electron chi connectivity index (χ2n) is 4.00. The number of halogens is 1. The molecule has 0 saturated heterocycles. The van der Waals surface area contributed by atoms with Gasteiger partial charge in [0.15, 0.2) is 0 Å². The Morgan fingerprint density at radius 3 is 1.74 bits per heavy atom. The predicted molar refractivity (Wildman–Crippen MR) is 79.5 cm³/mol. The molecular weight excluding hydrogens is 306 g/mol. The van der Waals surface area contributed by atoms with Crippen LogP contribution < -0.4 is 15.2 Å². The Morgan fingerprint density at radius 1 is 0.789 bits per heavy atom. The van der Waals surface area contributed by atoms with E-state index in [0.29, 0.717) is 19.8 Å². The van der Waals surface area contributed by atoms with Crippen LogP contribution in [0.15, 0.2) is 53.0 Å². The van der Waals surface area contributed by atoms with E-state index in [1.165, 1.54) is 0 Å². The van der Waals surface area contributed by atoms with Crippen LogP contribution in [0.25, 0.3) is 0 Å². The Kier molecular flexibility index (Phi) is 5.24. The minimum Gasteiger partial charge on any atom is -0.490 e. The van der Waals surface area contributed by atoms with Crippen LogP contribution in [0.5, 0.6) is 11.5 Å². The van der Waals surface area contributed by atoms with Gasteiger partial charge in [0, 0.05) is 11.0 Å². The highest BCUT2D eigenvalue weighted by atomic mass is 79.9. The van der Waals surface area contributed by atoms with E-state index in [1.807, 2.05) is 48.5 Å².